The molecule has 12 heteroatoms. The zero-order chi connectivity index (χ0) is 21.3. The van der Waals surface area contributed by atoms with Gasteiger partial charge in [0.2, 0.25) is 15.9 Å². The van der Waals surface area contributed by atoms with Crippen LogP contribution in [-0.2, 0) is 21.0 Å². The van der Waals surface area contributed by atoms with E-state index in [0.717, 1.165) is 18.4 Å². The molecule has 0 saturated heterocycles. The van der Waals surface area contributed by atoms with Crippen molar-refractivity contribution < 1.29 is 26.4 Å². The number of hydrogen-bond acceptors (Lipinski definition) is 3. The van der Waals surface area contributed by atoms with Crippen molar-refractivity contribution in [3.05, 3.63) is 57.0 Å². The van der Waals surface area contributed by atoms with Gasteiger partial charge in [-0.15, -0.1) is 0 Å². The molecule has 0 spiro atoms. The SMILES string of the molecule is CS(=O)(=O)N(CC(=O)Nc1cc(C(F)(F)F)ccc1Cl)c1cc(Cl)ccc1Cl. The van der Waals surface area contributed by atoms with E-state index in [2.05, 4.69) is 5.32 Å². The van der Waals surface area contributed by atoms with Crippen molar-refractivity contribution in [2.75, 3.05) is 22.4 Å². The average molecular weight is 476 g/mol. The molecule has 152 valence electrons. The first-order chi connectivity index (χ1) is 12.8. The molecule has 0 saturated carbocycles. The molecule has 0 atom stereocenters. The van der Waals surface area contributed by atoms with Crippen molar-refractivity contribution in [2.24, 2.45) is 0 Å². The molecule has 0 radical (unpaired) electrons. The van der Waals surface area contributed by atoms with Crippen LogP contribution in [0.25, 0.3) is 0 Å². The summed E-state index contributed by atoms with van der Waals surface area (Å²) in [6.45, 7) is -0.758. The van der Waals surface area contributed by atoms with Crippen molar-refractivity contribution in [3.63, 3.8) is 0 Å². The lowest BCUT2D eigenvalue weighted by molar-refractivity contribution is -0.137. The number of rotatable bonds is 5. The molecule has 0 aromatic heterocycles. The predicted octanol–water partition coefficient (Wildman–Crippen LogP) is 5.07. The molecule has 1 N–H and O–H groups in total. The molecule has 2 aromatic rings. The Bertz CT molecular complexity index is 1010. The maximum atomic E-state index is 12.8. The summed E-state index contributed by atoms with van der Waals surface area (Å²) in [5, 5.41) is 2.22. The maximum Gasteiger partial charge on any atom is 0.416 e. The summed E-state index contributed by atoms with van der Waals surface area (Å²) >= 11 is 17.7. The van der Waals surface area contributed by atoms with Gasteiger partial charge in [-0.1, -0.05) is 34.8 Å². The monoisotopic (exact) mass is 474 g/mol. The largest absolute Gasteiger partial charge is 0.416 e. The Hall–Kier alpha value is -1.68. The highest BCUT2D eigenvalue weighted by Crippen LogP contribution is 2.34. The minimum absolute atomic E-state index is 0.0136. The third-order valence-corrected chi connectivity index (χ3v) is 5.44. The lowest BCUT2D eigenvalue weighted by Crippen LogP contribution is -2.37. The number of alkyl halides is 3. The second-order valence-electron chi connectivity index (χ2n) is 5.61. The first-order valence-electron chi connectivity index (χ1n) is 7.38. The second kappa shape index (κ2) is 8.36. The van der Waals surface area contributed by atoms with E-state index in [1.165, 1.54) is 18.2 Å². The van der Waals surface area contributed by atoms with Crippen LogP contribution in [0, 0.1) is 0 Å². The number of carbonyl (C=O) groups excluding carboxylic acids is 1. The molecule has 0 unspecified atom stereocenters. The minimum atomic E-state index is -4.64. The van der Waals surface area contributed by atoms with Crippen LogP contribution >= 0.6 is 34.8 Å². The number of nitrogens with zero attached hydrogens (tertiary/aromatic N) is 1. The second-order valence-corrected chi connectivity index (χ2v) is 8.76. The van der Waals surface area contributed by atoms with Gasteiger partial charge in [0.15, 0.2) is 0 Å². The van der Waals surface area contributed by atoms with Crippen LogP contribution in [0.5, 0.6) is 0 Å². The maximum absolute atomic E-state index is 12.8. The molecule has 5 nitrogen and oxygen atoms in total. The Morgan fingerprint density at radius 3 is 2.25 bits per heavy atom. The zero-order valence-electron chi connectivity index (χ0n) is 14.0. The van der Waals surface area contributed by atoms with E-state index >= 15 is 0 Å². The van der Waals surface area contributed by atoms with Gasteiger partial charge in [-0.3, -0.25) is 9.10 Å². The van der Waals surface area contributed by atoms with Crippen LogP contribution in [0.1, 0.15) is 5.56 Å². The van der Waals surface area contributed by atoms with E-state index in [4.69, 9.17) is 34.8 Å². The first-order valence-corrected chi connectivity index (χ1v) is 10.4. The van der Waals surface area contributed by atoms with Gasteiger partial charge in [-0.05, 0) is 36.4 Å². The van der Waals surface area contributed by atoms with E-state index < -0.39 is 34.2 Å². The molecular formula is C16H12Cl3F3N2O3S. The Labute approximate surface area is 174 Å². The van der Waals surface area contributed by atoms with Crippen LogP contribution in [0.2, 0.25) is 15.1 Å². The van der Waals surface area contributed by atoms with Gasteiger partial charge >= 0.3 is 6.18 Å². The fraction of sp³-hybridized carbons (Fsp3) is 0.188. The van der Waals surface area contributed by atoms with Gasteiger partial charge in [0.05, 0.1) is 33.2 Å². The summed E-state index contributed by atoms with van der Waals surface area (Å²) in [7, 11) is -3.97. The summed E-state index contributed by atoms with van der Waals surface area (Å²) in [5.41, 5.74) is -1.39. The number of anilines is 2. The van der Waals surface area contributed by atoms with Crippen molar-refractivity contribution in [1.29, 1.82) is 0 Å². The van der Waals surface area contributed by atoms with Crippen molar-refractivity contribution in [3.8, 4) is 0 Å². The van der Waals surface area contributed by atoms with E-state index in [1.54, 1.807) is 0 Å². The fourth-order valence-corrected chi connectivity index (χ4v) is 3.64. The molecule has 0 bridgehead atoms. The summed E-state index contributed by atoms with van der Waals surface area (Å²) < 4.78 is 63.4. The Kier molecular flexibility index (Phi) is 6.75. The van der Waals surface area contributed by atoms with Crippen LogP contribution in [0.3, 0.4) is 0 Å². The standard InChI is InChI=1S/C16H12Cl3F3N2O3S/c1-28(26,27)24(14-7-10(17)3-5-12(14)19)8-15(25)23-13-6-9(16(20,21)22)2-4-11(13)18/h2-7H,8H2,1H3,(H,23,25). The summed E-state index contributed by atoms with van der Waals surface area (Å²) in [5.74, 6) is -0.928. The van der Waals surface area contributed by atoms with Gasteiger partial charge in [0.25, 0.3) is 0 Å². The molecule has 0 aliphatic heterocycles. The van der Waals surface area contributed by atoms with Gasteiger partial charge in [0, 0.05) is 5.02 Å². The Morgan fingerprint density at radius 1 is 1.07 bits per heavy atom. The van der Waals surface area contributed by atoms with Crippen LogP contribution in [-0.4, -0.2) is 27.1 Å². The molecule has 0 heterocycles. The summed E-state index contributed by atoms with van der Waals surface area (Å²) in [6.07, 6.45) is -3.80. The van der Waals surface area contributed by atoms with E-state index in [0.29, 0.717) is 10.4 Å². The van der Waals surface area contributed by atoms with Crippen LogP contribution in [0.4, 0.5) is 24.5 Å². The van der Waals surface area contributed by atoms with Crippen LogP contribution < -0.4 is 9.62 Å². The topological polar surface area (TPSA) is 66.5 Å². The average Bonchev–Trinajstić information content (AvgIpc) is 2.55. The summed E-state index contributed by atoms with van der Waals surface area (Å²) in [6, 6.07) is 6.40. The lowest BCUT2D eigenvalue weighted by Gasteiger charge is -2.23. The van der Waals surface area contributed by atoms with Gasteiger partial charge < -0.3 is 5.32 Å². The minimum Gasteiger partial charge on any atom is -0.323 e. The number of hydrogen-bond donors (Lipinski definition) is 1. The Balaban J connectivity index is 2.32. The highest BCUT2D eigenvalue weighted by molar-refractivity contribution is 7.92. The Morgan fingerprint density at radius 2 is 1.68 bits per heavy atom. The van der Waals surface area contributed by atoms with Gasteiger partial charge in [-0.2, -0.15) is 13.2 Å². The molecule has 2 rings (SSSR count). The first kappa shape index (κ1) is 22.6. The van der Waals surface area contributed by atoms with Gasteiger partial charge in [-0.25, -0.2) is 8.42 Å². The summed E-state index contributed by atoms with van der Waals surface area (Å²) in [4.78, 5) is 12.3. The van der Waals surface area contributed by atoms with Crippen molar-refractivity contribution in [1.82, 2.24) is 0 Å². The third kappa shape index (κ3) is 5.66. The number of carbonyl (C=O) groups is 1. The molecule has 1 amide bonds. The quantitative estimate of drug-likeness (QED) is 0.656. The predicted molar refractivity (Wildman–Crippen MR) is 104 cm³/mol. The normalized spacial score (nSPS) is 12.0. The number of benzene rings is 2. The fourth-order valence-electron chi connectivity index (χ4n) is 2.18. The molecule has 0 fully saturated rings. The van der Waals surface area contributed by atoms with Crippen molar-refractivity contribution >= 4 is 62.1 Å². The van der Waals surface area contributed by atoms with E-state index in [1.807, 2.05) is 0 Å². The number of sulfonamides is 1. The molecule has 0 aliphatic carbocycles. The zero-order valence-corrected chi connectivity index (χ0v) is 17.1. The smallest absolute Gasteiger partial charge is 0.323 e. The van der Waals surface area contributed by atoms with E-state index in [-0.39, 0.29) is 26.4 Å². The number of halogens is 6. The molecular weight excluding hydrogens is 464 g/mol. The van der Waals surface area contributed by atoms with Gasteiger partial charge in [0.1, 0.15) is 6.54 Å². The highest BCUT2D eigenvalue weighted by Gasteiger charge is 2.31. The van der Waals surface area contributed by atoms with E-state index in [9.17, 15) is 26.4 Å². The van der Waals surface area contributed by atoms with Crippen molar-refractivity contribution in [2.45, 2.75) is 6.18 Å². The molecule has 2 aromatic carbocycles. The highest BCUT2D eigenvalue weighted by atomic mass is 35.5. The number of amides is 1. The third-order valence-electron chi connectivity index (χ3n) is 3.43. The number of nitrogens with one attached hydrogen (secondary N) is 1. The molecule has 0 aliphatic rings. The van der Waals surface area contributed by atoms with Crippen LogP contribution in [0.15, 0.2) is 36.4 Å². The molecule has 28 heavy (non-hydrogen) atoms. The lowest BCUT2D eigenvalue weighted by atomic mass is 10.2.